The van der Waals surface area contributed by atoms with Gasteiger partial charge in [-0.05, 0) is 54.5 Å². The van der Waals surface area contributed by atoms with Gasteiger partial charge in [0.1, 0.15) is 11.5 Å². The summed E-state index contributed by atoms with van der Waals surface area (Å²) >= 11 is 0. The molecule has 0 fully saturated rings. The summed E-state index contributed by atoms with van der Waals surface area (Å²) in [5.74, 6) is 3.05. The molecule has 2 aromatic carbocycles. The van der Waals surface area contributed by atoms with E-state index in [1.807, 2.05) is 12.1 Å². The molecule has 2 atom stereocenters. The zero-order valence-electron chi connectivity index (χ0n) is 21.7. The molecule has 4 heteroatoms. The van der Waals surface area contributed by atoms with Crippen molar-refractivity contribution in [3.63, 3.8) is 0 Å². The number of allylic oxidation sites excluding steroid dienone is 1. The van der Waals surface area contributed by atoms with E-state index in [1.165, 1.54) is 18.1 Å². The van der Waals surface area contributed by atoms with Crippen LogP contribution in [0.4, 0.5) is 0 Å². The summed E-state index contributed by atoms with van der Waals surface area (Å²) in [5.41, 5.74) is 2.37. The minimum absolute atomic E-state index is 0.126. The average Bonchev–Trinajstić information content (AvgIpc) is 2.83. The topological polar surface area (TPSA) is 69.9 Å². The van der Waals surface area contributed by atoms with E-state index in [1.54, 1.807) is 44.4 Å². The lowest BCUT2D eigenvalue weighted by Gasteiger charge is -2.19. The number of phenols is 2. The van der Waals surface area contributed by atoms with Crippen LogP contribution < -0.4 is 4.74 Å². The molecule has 33 heavy (non-hydrogen) atoms. The Balaban J connectivity index is 0.000000520. The van der Waals surface area contributed by atoms with E-state index >= 15 is 0 Å². The molecule has 2 aromatic rings. The van der Waals surface area contributed by atoms with E-state index in [-0.39, 0.29) is 17.3 Å². The van der Waals surface area contributed by atoms with E-state index in [0.29, 0.717) is 28.7 Å². The van der Waals surface area contributed by atoms with E-state index in [0.717, 1.165) is 12.3 Å². The van der Waals surface area contributed by atoms with Gasteiger partial charge in [0, 0.05) is 11.1 Å². The number of aliphatic hydroxyl groups is 1. The van der Waals surface area contributed by atoms with Crippen LogP contribution in [-0.4, -0.2) is 22.4 Å². The van der Waals surface area contributed by atoms with Crippen LogP contribution in [0.3, 0.4) is 0 Å². The lowest BCUT2D eigenvalue weighted by atomic mass is 9.87. The molecule has 0 amide bonds. The van der Waals surface area contributed by atoms with Crippen molar-refractivity contribution >= 4 is 11.8 Å². The molecule has 0 radical (unpaired) electrons. The lowest BCUT2D eigenvalue weighted by Crippen LogP contribution is -2.05. The average molecular weight is 457 g/mol. The van der Waals surface area contributed by atoms with Gasteiger partial charge in [-0.1, -0.05) is 85.2 Å². The minimum atomic E-state index is 0.126. The quantitative estimate of drug-likeness (QED) is 0.365. The first-order valence-electron chi connectivity index (χ1n) is 11.7. The first kappa shape index (κ1) is 30.1. The van der Waals surface area contributed by atoms with Gasteiger partial charge < -0.3 is 20.1 Å². The van der Waals surface area contributed by atoms with Gasteiger partial charge in [0.25, 0.3) is 0 Å². The zero-order chi connectivity index (χ0) is 25.6. The third kappa shape index (κ3) is 10.1. The summed E-state index contributed by atoms with van der Waals surface area (Å²) in [7, 11) is 1.58. The molecule has 0 saturated heterocycles. The van der Waals surface area contributed by atoms with Crippen molar-refractivity contribution in [3.05, 3.63) is 65.7 Å². The monoisotopic (exact) mass is 456 g/mol. The maximum Gasteiger partial charge on any atom is 0.160 e. The fourth-order valence-electron chi connectivity index (χ4n) is 2.81. The largest absolute Gasteiger partial charge is 0.508 e. The number of phenolic OH excluding ortho intramolecular Hbond substituents is 2. The molecule has 0 saturated carbocycles. The molecule has 0 heterocycles. The summed E-state index contributed by atoms with van der Waals surface area (Å²) in [6.45, 7) is 18.6. The highest BCUT2D eigenvalue weighted by Crippen LogP contribution is 2.33. The van der Waals surface area contributed by atoms with Crippen molar-refractivity contribution in [2.24, 2.45) is 11.8 Å². The summed E-state index contributed by atoms with van der Waals surface area (Å²) in [5, 5.41) is 28.4. The Labute approximate surface area is 201 Å². The van der Waals surface area contributed by atoms with Crippen molar-refractivity contribution in [1.29, 1.82) is 0 Å². The van der Waals surface area contributed by atoms with Crippen LogP contribution in [0.1, 0.15) is 83.9 Å². The Morgan fingerprint density at radius 2 is 1.61 bits per heavy atom. The normalized spacial score (nSPS) is 12.6. The summed E-state index contributed by atoms with van der Waals surface area (Å²) in [4.78, 5) is 0. The van der Waals surface area contributed by atoms with Gasteiger partial charge in [-0.25, -0.2) is 0 Å². The smallest absolute Gasteiger partial charge is 0.160 e. The van der Waals surface area contributed by atoms with Crippen molar-refractivity contribution in [3.8, 4) is 17.2 Å². The number of hydrogen-bond acceptors (Lipinski definition) is 4. The van der Waals surface area contributed by atoms with E-state index in [4.69, 9.17) is 4.74 Å². The molecule has 0 bridgehead atoms. The lowest BCUT2D eigenvalue weighted by molar-refractivity contribution is 0.371. The van der Waals surface area contributed by atoms with Crippen LogP contribution in [0.25, 0.3) is 11.8 Å². The van der Waals surface area contributed by atoms with Crippen LogP contribution in [0.15, 0.2) is 49.1 Å². The third-order valence-corrected chi connectivity index (χ3v) is 5.88. The number of hydrogen-bond donors (Lipinski definition) is 3. The number of rotatable bonds is 7. The van der Waals surface area contributed by atoms with Crippen molar-refractivity contribution < 1.29 is 20.1 Å². The minimum Gasteiger partial charge on any atom is -0.508 e. The number of aliphatic hydroxyl groups excluding tert-OH is 1. The Bertz CT molecular complexity index is 868. The fourth-order valence-corrected chi connectivity index (χ4v) is 2.81. The highest BCUT2D eigenvalue weighted by molar-refractivity contribution is 5.72. The molecule has 0 aliphatic rings. The Morgan fingerprint density at radius 3 is 2.06 bits per heavy atom. The maximum absolute atomic E-state index is 9.49. The maximum atomic E-state index is 9.49. The molecule has 0 aliphatic carbocycles. The van der Waals surface area contributed by atoms with Gasteiger partial charge in [0.2, 0.25) is 0 Å². The van der Waals surface area contributed by atoms with Crippen LogP contribution in [-0.2, 0) is 0 Å². The van der Waals surface area contributed by atoms with Gasteiger partial charge in [-0.2, -0.15) is 0 Å². The van der Waals surface area contributed by atoms with E-state index in [9.17, 15) is 15.3 Å². The summed E-state index contributed by atoms with van der Waals surface area (Å²) in [6.07, 6.45) is 5.55. The Morgan fingerprint density at radius 1 is 1.00 bits per heavy atom. The van der Waals surface area contributed by atoms with Crippen molar-refractivity contribution in [2.75, 3.05) is 7.11 Å². The van der Waals surface area contributed by atoms with Crippen LogP contribution in [0.2, 0.25) is 0 Å². The van der Waals surface area contributed by atoms with Gasteiger partial charge in [0.15, 0.2) is 11.5 Å². The van der Waals surface area contributed by atoms with Crippen LogP contribution >= 0.6 is 0 Å². The van der Waals surface area contributed by atoms with Crippen molar-refractivity contribution in [2.45, 2.75) is 67.2 Å². The molecule has 3 N–H and O–H groups in total. The van der Waals surface area contributed by atoms with Gasteiger partial charge in [0.05, 0.1) is 7.11 Å². The first-order valence-corrected chi connectivity index (χ1v) is 11.7. The molecule has 2 unspecified atom stereocenters. The summed E-state index contributed by atoms with van der Waals surface area (Å²) in [6, 6.07) is 10.6. The number of aromatic hydroxyl groups is 2. The summed E-state index contributed by atoms with van der Waals surface area (Å²) < 4.78 is 5.10. The molecule has 0 aromatic heterocycles. The predicted molar refractivity (Wildman–Crippen MR) is 142 cm³/mol. The molecule has 2 rings (SSSR count). The third-order valence-electron chi connectivity index (χ3n) is 5.88. The molecule has 0 spiro atoms. The van der Waals surface area contributed by atoms with Gasteiger partial charge >= 0.3 is 0 Å². The SMILES string of the molecule is C=Cc1c(O)cccc1/C(O)=C\C.CCC(C)C.CCC(C)C(C)c1ccc(O)c(OC)c1. The standard InChI is InChI=1S/C13H20O2.C11H12O2.C5H12/c1-5-9(2)10(3)11-6-7-12(14)13(8-11)15-4;1-3-8-9(10(12)4-2)6-5-7-11(8)13;1-4-5(2)3/h6-10,14H,5H2,1-4H3;3-7,12-13H,1H2,2H3;5H,4H2,1-3H3/b;10-4+;. The Hall–Kier alpha value is -2.88. The van der Waals surface area contributed by atoms with E-state index < -0.39 is 0 Å². The first-order chi connectivity index (χ1) is 15.6. The second-order valence-corrected chi connectivity index (χ2v) is 8.52. The Kier molecular flexibility index (Phi) is 14.5. The number of ether oxygens (including phenoxy) is 1. The molecule has 184 valence electrons. The fraction of sp³-hybridized carbons (Fsp3) is 0.448. The zero-order valence-corrected chi connectivity index (χ0v) is 21.7. The second kappa shape index (κ2) is 15.8. The number of methoxy groups -OCH3 is 1. The molecular formula is C29H44O4. The highest BCUT2D eigenvalue weighted by atomic mass is 16.5. The molecule has 4 nitrogen and oxygen atoms in total. The predicted octanol–water partition coefficient (Wildman–Crippen LogP) is 8.56. The van der Waals surface area contributed by atoms with Gasteiger partial charge in [-0.3, -0.25) is 0 Å². The highest BCUT2D eigenvalue weighted by Gasteiger charge is 2.14. The van der Waals surface area contributed by atoms with E-state index in [2.05, 4.69) is 48.1 Å². The van der Waals surface area contributed by atoms with Gasteiger partial charge in [-0.15, -0.1) is 0 Å². The molecular weight excluding hydrogens is 412 g/mol. The second-order valence-electron chi connectivity index (χ2n) is 8.52. The molecule has 0 aliphatic heterocycles. The van der Waals surface area contributed by atoms with Crippen molar-refractivity contribution in [1.82, 2.24) is 0 Å². The van der Waals surface area contributed by atoms with Crippen LogP contribution in [0.5, 0.6) is 17.2 Å². The number of benzene rings is 2. The van der Waals surface area contributed by atoms with Crippen LogP contribution in [0, 0.1) is 11.8 Å².